The van der Waals surface area contributed by atoms with Gasteiger partial charge in [0.15, 0.2) is 0 Å². The molecule has 3 aromatic heterocycles. The van der Waals surface area contributed by atoms with Crippen molar-refractivity contribution in [3.05, 3.63) is 144 Å². The van der Waals surface area contributed by atoms with Gasteiger partial charge in [0.05, 0.1) is 5.58 Å². The fourth-order valence-electron chi connectivity index (χ4n) is 7.61. The molecule has 5 aromatic carbocycles. The molecule has 0 aliphatic rings. The van der Waals surface area contributed by atoms with Gasteiger partial charge in [-0.3, -0.25) is 0 Å². The predicted molar refractivity (Wildman–Crippen MR) is 234 cm³/mol. The molecule has 0 amide bonds. The third-order valence-electron chi connectivity index (χ3n) is 9.89. The molecule has 0 atom stereocenters. The summed E-state index contributed by atoms with van der Waals surface area (Å²) in [6.07, 6.45) is 7.10. The number of hydrogen-bond acceptors (Lipinski definition) is 3. The van der Waals surface area contributed by atoms with E-state index in [-0.39, 0.29) is 36.4 Å². The van der Waals surface area contributed by atoms with E-state index < -0.39 is 0 Å². The van der Waals surface area contributed by atoms with Gasteiger partial charge in [-0.2, -0.15) is 0 Å². The number of aromatic nitrogens is 2. The summed E-state index contributed by atoms with van der Waals surface area (Å²) in [7, 11) is 0. The van der Waals surface area contributed by atoms with Gasteiger partial charge < -0.3 is 14.4 Å². The van der Waals surface area contributed by atoms with E-state index >= 15 is 0 Å². The second-order valence-electron chi connectivity index (χ2n) is 18.9. The summed E-state index contributed by atoms with van der Waals surface area (Å²) in [5.74, 6) is 0. The van der Waals surface area contributed by atoms with Crippen molar-refractivity contribution >= 4 is 43.5 Å². The Morgan fingerprint density at radius 1 is 0.589 bits per heavy atom. The molecular formula is C52H54IrN2O-2. The van der Waals surface area contributed by atoms with Gasteiger partial charge >= 0.3 is 0 Å². The maximum absolute atomic E-state index is 6.63. The van der Waals surface area contributed by atoms with E-state index in [4.69, 9.17) is 9.40 Å². The molecule has 4 heteroatoms. The van der Waals surface area contributed by atoms with E-state index in [2.05, 4.69) is 177 Å². The van der Waals surface area contributed by atoms with Crippen LogP contribution in [0.25, 0.3) is 66.0 Å². The van der Waals surface area contributed by atoms with E-state index in [1.54, 1.807) is 0 Å². The maximum atomic E-state index is 6.63. The normalized spacial score (nSPS) is 12.2. The molecule has 0 saturated heterocycles. The molecule has 0 spiro atoms. The first-order valence-electron chi connectivity index (χ1n) is 19.6. The third-order valence-corrected chi connectivity index (χ3v) is 9.89. The molecular weight excluding hydrogens is 861 g/mol. The Labute approximate surface area is 347 Å². The van der Waals surface area contributed by atoms with Gasteiger partial charge in [-0.05, 0) is 80.2 Å². The summed E-state index contributed by atoms with van der Waals surface area (Å²) >= 11 is 0. The van der Waals surface area contributed by atoms with E-state index in [0.29, 0.717) is 0 Å². The summed E-state index contributed by atoms with van der Waals surface area (Å²) in [6, 6.07) is 40.9. The quantitative estimate of drug-likeness (QED) is 0.128. The van der Waals surface area contributed by atoms with Crippen LogP contribution in [0.3, 0.4) is 0 Å². The zero-order valence-electron chi connectivity index (χ0n) is 34.6. The van der Waals surface area contributed by atoms with E-state index in [0.717, 1.165) is 69.1 Å². The fraction of sp³-hybridized carbons (Fsp3) is 0.308. The molecule has 1 radical (unpaired) electrons. The molecule has 56 heavy (non-hydrogen) atoms. The number of hydrogen-bond donors (Lipinski definition) is 0. The second kappa shape index (κ2) is 16.1. The second-order valence-corrected chi connectivity index (χ2v) is 18.9. The standard InChI is InChI=1S/C30H24NO.C22H30N.Ir/c1-30(2,3)18-19-15-16-31-26(17-19)25-10-6-9-23-24-14-13-21-12-11-20-7-4-5-8-22(20)27(21)29(24)32-28(23)25;1-16-8-10-17(11-9-16)20-12-18(13-21(2,3)4)19(15-23-20)14-22(5,6)7;/h4-9,11-17H,18H2,1-3H3;8-10,12,15H,13-14H2,1-7H3;/q2*-1;. The van der Waals surface area contributed by atoms with Crippen LogP contribution >= 0.6 is 0 Å². The fourth-order valence-corrected chi connectivity index (χ4v) is 7.61. The van der Waals surface area contributed by atoms with E-state index in [9.17, 15) is 0 Å². The van der Waals surface area contributed by atoms with Crippen LogP contribution in [0.2, 0.25) is 0 Å². The van der Waals surface area contributed by atoms with Crippen LogP contribution in [0, 0.1) is 35.3 Å². The first-order chi connectivity index (χ1) is 26.0. The van der Waals surface area contributed by atoms with Crippen LogP contribution in [0.5, 0.6) is 0 Å². The minimum atomic E-state index is 0. The molecule has 0 N–H and O–H groups in total. The van der Waals surface area contributed by atoms with Crippen LogP contribution in [0.15, 0.2) is 114 Å². The van der Waals surface area contributed by atoms with Crippen LogP contribution in [0.1, 0.15) is 84.6 Å². The van der Waals surface area contributed by atoms with Crippen molar-refractivity contribution in [3.8, 4) is 22.5 Å². The molecule has 8 aromatic rings. The van der Waals surface area contributed by atoms with Crippen molar-refractivity contribution in [2.45, 2.75) is 88.5 Å². The average molecular weight is 915 g/mol. The molecule has 0 aliphatic carbocycles. The van der Waals surface area contributed by atoms with E-state index in [1.807, 2.05) is 18.3 Å². The SMILES string of the molecule is CC(C)(C)Cc1ccnc(-c2[c-]ccc3c2oc2c3ccc3ccc4ccccc4c32)c1.Cc1c[c-]c(-c2cc(CC(C)(C)C)c(CC(C)(C)C)cn2)cc1.[Ir]. The number of rotatable bonds is 5. The Morgan fingerprint density at radius 3 is 1.98 bits per heavy atom. The van der Waals surface area contributed by atoms with Crippen molar-refractivity contribution in [1.29, 1.82) is 0 Å². The molecule has 0 fully saturated rings. The zero-order valence-corrected chi connectivity index (χ0v) is 37.0. The topological polar surface area (TPSA) is 38.9 Å². The predicted octanol–water partition coefficient (Wildman–Crippen LogP) is 14.4. The monoisotopic (exact) mass is 915 g/mol. The number of furan rings is 1. The third kappa shape index (κ3) is 9.48. The molecule has 289 valence electrons. The van der Waals surface area contributed by atoms with E-state index in [1.165, 1.54) is 38.4 Å². The first-order valence-corrected chi connectivity index (χ1v) is 19.6. The molecule has 3 nitrogen and oxygen atoms in total. The van der Waals surface area contributed by atoms with Gasteiger partial charge in [0.2, 0.25) is 0 Å². The summed E-state index contributed by atoms with van der Waals surface area (Å²) < 4.78 is 6.63. The summed E-state index contributed by atoms with van der Waals surface area (Å²) in [6.45, 7) is 22.6. The van der Waals surface area contributed by atoms with Crippen LogP contribution in [0.4, 0.5) is 0 Å². The Balaban J connectivity index is 0.000000198. The van der Waals surface area contributed by atoms with Crippen molar-refractivity contribution < 1.29 is 24.5 Å². The molecule has 0 unspecified atom stereocenters. The minimum absolute atomic E-state index is 0. The molecule has 0 saturated carbocycles. The minimum Gasteiger partial charge on any atom is -0.500 e. The van der Waals surface area contributed by atoms with Crippen LogP contribution in [-0.4, -0.2) is 9.97 Å². The summed E-state index contributed by atoms with van der Waals surface area (Å²) in [5, 5.41) is 7.02. The van der Waals surface area contributed by atoms with Crippen LogP contribution in [-0.2, 0) is 39.4 Å². The van der Waals surface area contributed by atoms with Gasteiger partial charge in [0.1, 0.15) is 5.58 Å². The largest absolute Gasteiger partial charge is 0.500 e. The smallest absolute Gasteiger partial charge is 0.129 e. The molecule has 0 aliphatic heterocycles. The Bertz CT molecular complexity index is 2630. The van der Waals surface area contributed by atoms with Crippen molar-refractivity contribution in [1.82, 2.24) is 9.97 Å². The zero-order chi connectivity index (χ0) is 39.1. The Hall–Kier alpha value is -4.63. The number of nitrogens with zero attached hydrogens (tertiary/aromatic N) is 2. The Morgan fingerprint density at radius 2 is 1.27 bits per heavy atom. The molecule has 3 heterocycles. The van der Waals surface area contributed by atoms with Crippen LogP contribution < -0.4 is 0 Å². The van der Waals surface area contributed by atoms with Gasteiger partial charge in [-0.1, -0.05) is 146 Å². The van der Waals surface area contributed by atoms with Crippen molar-refractivity contribution in [3.63, 3.8) is 0 Å². The number of aryl methyl sites for hydroxylation is 1. The van der Waals surface area contributed by atoms with Crippen molar-refractivity contribution in [2.24, 2.45) is 16.2 Å². The van der Waals surface area contributed by atoms with Crippen molar-refractivity contribution in [2.75, 3.05) is 0 Å². The van der Waals surface area contributed by atoms with Gasteiger partial charge in [0.25, 0.3) is 0 Å². The molecule has 8 rings (SSSR count). The first kappa shape index (κ1) is 41.0. The number of benzene rings is 5. The van der Waals surface area contributed by atoms with Gasteiger partial charge in [-0.25, -0.2) is 0 Å². The summed E-state index contributed by atoms with van der Waals surface area (Å²) in [4.78, 5) is 9.40. The molecule has 0 bridgehead atoms. The van der Waals surface area contributed by atoms with Gasteiger partial charge in [0, 0.05) is 43.3 Å². The summed E-state index contributed by atoms with van der Waals surface area (Å²) in [5.41, 5.74) is 11.8. The number of fused-ring (bicyclic) bond motifs is 7. The maximum Gasteiger partial charge on any atom is 0.129 e. The van der Waals surface area contributed by atoms with Gasteiger partial charge in [-0.15, -0.1) is 53.6 Å². The average Bonchev–Trinajstić information content (AvgIpc) is 3.50. The Kier molecular flexibility index (Phi) is 11.8. The number of pyridine rings is 2.